The Morgan fingerprint density at radius 2 is 1.62 bits per heavy atom. The fourth-order valence-corrected chi connectivity index (χ4v) is 8.98. The number of imidazole rings is 1. The van der Waals surface area contributed by atoms with Crippen LogP contribution in [0.5, 0.6) is 5.75 Å². The summed E-state index contributed by atoms with van der Waals surface area (Å²) >= 11 is 0. The largest absolute Gasteiger partial charge is 0.496 e. The summed E-state index contributed by atoms with van der Waals surface area (Å²) in [6, 6.07) is 13.1. The lowest BCUT2D eigenvalue weighted by atomic mass is 9.89. The van der Waals surface area contributed by atoms with Gasteiger partial charge in [0.2, 0.25) is 5.91 Å². The molecule has 4 aliphatic rings. The lowest BCUT2D eigenvalue weighted by molar-refractivity contribution is -0.120. The van der Waals surface area contributed by atoms with E-state index in [1.807, 2.05) is 6.07 Å². The highest BCUT2D eigenvalue weighted by molar-refractivity contribution is 6.08. The number of carbonyl (C=O) groups excluding carboxylic acids is 3. The van der Waals surface area contributed by atoms with E-state index in [2.05, 4.69) is 64.7 Å². The predicted molar refractivity (Wildman–Crippen MR) is 225 cm³/mol. The highest BCUT2D eigenvalue weighted by atomic mass is 16.5. The Morgan fingerprint density at radius 1 is 0.879 bits per heavy atom. The molecule has 306 valence electrons. The first kappa shape index (κ1) is 39.3. The number of rotatable bonds is 9. The van der Waals surface area contributed by atoms with E-state index in [0.717, 1.165) is 47.1 Å². The van der Waals surface area contributed by atoms with Gasteiger partial charge in [-0.05, 0) is 86.4 Å². The van der Waals surface area contributed by atoms with Crippen molar-refractivity contribution in [2.75, 3.05) is 81.1 Å². The molecule has 1 saturated carbocycles. The second kappa shape index (κ2) is 17.9. The topological polar surface area (TPSA) is 156 Å². The first-order valence-corrected chi connectivity index (χ1v) is 20.8. The van der Waals surface area contributed by atoms with Crippen LogP contribution in [0.1, 0.15) is 67.3 Å². The molecule has 1 aliphatic carbocycles. The van der Waals surface area contributed by atoms with Crippen molar-refractivity contribution in [3.63, 3.8) is 0 Å². The molecule has 15 nitrogen and oxygen atoms in total. The number of fused-ring (bicyclic) bond motifs is 2. The predicted octanol–water partition coefficient (Wildman–Crippen LogP) is 5.72. The molecule has 4 fully saturated rings. The molecule has 9 rings (SSSR count). The van der Waals surface area contributed by atoms with Gasteiger partial charge in [-0.15, -0.1) is 0 Å². The van der Waals surface area contributed by atoms with E-state index in [9.17, 15) is 14.4 Å². The SMILES string of the molecule is COc1cc2[nH]ncc2cc1C(=O)Nc1cnc2cccnn12.Cc1cc(N2CCC(CN3CCN(CC4CCCCC4)CC3)CC2)ccc1N1CCC(=O)NC1=O. The van der Waals surface area contributed by atoms with Gasteiger partial charge in [-0.2, -0.15) is 14.7 Å². The summed E-state index contributed by atoms with van der Waals surface area (Å²) in [5.41, 5.74) is 5.09. The van der Waals surface area contributed by atoms with Crippen LogP contribution in [-0.2, 0) is 4.79 Å². The Kier molecular flexibility index (Phi) is 12.2. The molecule has 3 N–H and O–H groups in total. The number of ether oxygens (including phenoxy) is 1. The van der Waals surface area contributed by atoms with Crippen LogP contribution in [0, 0.1) is 18.8 Å². The molecule has 0 radical (unpaired) electrons. The van der Waals surface area contributed by atoms with Crippen LogP contribution in [0.4, 0.5) is 22.0 Å². The van der Waals surface area contributed by atoms with Crippen molar-refractivity contribution < 1.29 is 19.1 Å². The van der Waals surface area contributed by atoms with Crippen LogP contribution in [-0.4, -0.2) is 118 Å². The van der Waals surface area contributed by atoms with Gasteiger partial charge in [0.1, 0.15) is 5.75 Å². The summed E-state index contributed by atoms with van der Waals surface area (Å²) in [7, 11) is 1.52. The highest BCUT2D eigenvalue weighted by Crippen LogP contribution is 2.31. The van der Waals surface area contributed by atoms with Crippen LogP contribution in [0.3, 0.4) is 0 Å². The van der Waals surface area contributed by atoms with Crippen molar-refractivity contribution in [3.05, 3.63) is 72.2 Å². The lowest BCUT2D eigenvalue weighted by Crippen LogP contribution is -2.50. The van der Waals surface area contributed by atoms with Gasteiger partial charge < -0.3 is 24.8 Å². The number of aryl methyl sites for hydroxylation is 1. The smallest absolute Gasteiger partial charge is 0.328 e. The second-order valence-corrected chi connectivity index (χ2v) is 16.2. The standard InChI is InChI=1S/C28H43N5O2.C15H12N6O2/c1-22-19-25(7-8-26(22)33-14-11-27(34)29-28(33)35)32-12-9-24(10-13-32)21-31-17-15-30(16-18-31)20-23-5-3-2-4-6-23;1-23-12-6-11-9(7-17-20-11)5-10(12)15(22)19-14-8-16-13-3-2-4-18-21(13)14/h7-8,19,23-24H,2-6,9-18,20-21H2,1H3,(H,29,34,35);2-8H,1H3,(H,17,20)(H,19,22). The highest BCUT2D eigenvalue weighted by Gasteiger charge is 2.28. The number of aromatic nitrogens is 5. The molecule has 0 bridgehead atoms. The average Bonchev–Trinajstić information content (AvgIpc) is 3.89. The molecule has 0 spiro atoms. The minimum absolute atomic E-state index is 0.190. The minimum Gasteiger partial charge on any atom is -0.496 e. The molecular formula is C43H55N11O4. The first-order valence-electron chi connectivity index (χ1n) is 20.8. The summed E-state index contributed by atoms with van der Waals surface area (Å²) < 4.78 is 6.86. The fourth-order valence-electron chi connectivity index (χ4n) is 8.98. The molecule has 4 amide bonds. The molecular weight excluding hydrogens is 735 g/mol. The minimum atomic E-state index is -0.312. The zero-order valence-corrected chi connectivity index (χ0v) is 33.7. The number of H-pyrrole nitrogens is 1. The van der Waals surface area contributed by atoms with Crippen LogP contribution in [0.15, 0.2) is 61.1 Å². The fraction of sp³-hybridized carbons (Fsp3) is 0.488. The summed E-state index contributed by atoms with van der Waals surface area (Å²) in [4.78, 5) is 50.1. The van der Waals surface area contributed by atoms with Crippen molar-refractivity contribution in [2.24, 2.45) is 11.8 Å². The third-order valence-corrected chi connectivity index (χ3v) is 12.3. The molecule has 0 unspecified atom stereocenters. The van der Waals surface area contributed by atoms with Crippen molar-refractivity contribution in [1.82, 2.24) is 39.9 Å². The van der Waals surface area contributed by atoms with Gasteiger partial charge in [0.05, 0.1) is 30.6 Å². The van der Waals surface area contributed by atoms with Crippen molar-refractivity contribution >= 4 is 51.6 Å². The molecule has 3 aliphatic heterocycles. The molecule has 58 heavy (non-hydrogen) atoms. The number of urea groups is 1. The number of hydrogen-bond acceptors (Lipinski definition) is 10. The third-order valence-electron chi connectivity index (χ3n) is 12.3. The lowest BCUT2D eigenvalue weighted by Gasteiger charge is -2.40. The molecule has 3 aromatic heterocycles. The quantitative estimate of drug-likeness (QED) is 0.169. The van der Waals surface area contributed by atoms with Gasteiger partial charge in [0.25, 0.3) is 5.91 Å². The normalized spacial score (nSPS) is 18.9. The number of methoxy groups -OCH3 is 1. The van der Waals surface area contributed by atoms with Crippen LogP contribution >= 0.6 is 0 Å². The number of aromatic amines is 1. The Labute approximate surface area is 339 Å². The number of piperidine rings is 1. The van der Waals surface area contributed by atoms with Crippen molar-refractivity contribution in [2.45, 2.75) is 58.3 Å². The van der Waals surface area contributed by atoms with Gasteiger partial charge in [-0.25, -0.2) is 9.78 Å². The molecule has 6 heterocycles. The van der Waals surface area contributed by atoms with E-state index in [1.54, 1.807) is 52.3 Å². The van der Waals surface area contributed by atoms with Crippen LogP contribution < -0.4 is 25.2 Å². The maximum Gasteiger partial charge on any atom is 0.328 e. The Morgan fingerprint density at radius 3 is 2.33 bits per heavy atom. The maximum atomic E-state index is 12.6. The van der Waals surface area contributed by atoms with E-state index in [1.165, 1.54) is 97.0 Å². The first-order chi connectivity index (χ1) is 28.3. The number of nitrogens with zero attached hydrogens (tertiary/aromatic N) is 8. The molecule has 2 aromatic carbocycles. The maximum absolute atomic E-state index is 12.6. The second-order valence-electron chi connectivity index (χ2n) is 16.2. The van der Waals surface area contributed by atoms with E-state index in [0.29, 0.717) is 35.7 Å². The monoisotopic (exact) mass is 789 g/mol. The van der Waals surface area contributed by atoms with Crippen LogP contribution in [0.2, 0.25) is 0 Å². The van der Waals surface area contributed by atoms with Gasteiger partial charge in [-0.3, -0.25) is 24.9 Å². The third kappa shape index (κ3) is 9.10. The van der Waals surface area contributed by atoms with Crippen molar-refractivity contribution in [3.8, 4) is 5.75 Å². The number of carbonyl (C=O) groups is 3. The van der Waals surface area contributed by atoms with Gasteiger partial charge in [-0.1, -0.05) is 19.3 Å². The number of hydrogen-bond donors (Lipinski definition) is 3. The number of anilines is 3. The Hall–Kier alpha value is -5.54. The van der Waals surface area contributed by atoms with Gasteiger partial charge in [0.15, 0.2) is 11.5 Å². The summed E-state index contributed by atoms with van der Waals surface area (Å²) in [5, 5.41) is 17.0. The summed E-state index contributed by atoms with van der Waals surface area (Å²) in [6.07, 6.45) is 15.0. The molecule has 3 saturated heterocycles. The van der Waals surface area contributed by atoms with E-state index in [-0.39, 0.29) is 17.8 Å². The molecule has 0 atom stereocenters. The Bertz CT molecular complexity index is 2210. The van der Waals surface area contributed by atoms with E-state index >= 15 is 0 Å². The molecule has 5 aromatic rings. The van der Waals surface area contributed by atoms with Gasteiger partial charge >= 0.3 is 6.03 Å². The van der Waals surface area contributed by atoms with E-state index in [4.69, 9.17) is 4.74 Å². The zero-order chi connectivity index (χ0) is 40.0. The van der Waals surface area contributed by atoms with Gasteiger partial charge in [0, 0.05) is 94.3 Å². The zero-order valence-electron chi connectivity index (χ0n) is 33.7. The summed E-state index contributed by atoms with van der Waals surface area (Å²) in [6.45, 7) is 12.3. The number of benzene rings is 2. The Balaban J connectivity index is 0.000000176. The summed E-state index contributed by atoms with van der Waals surface area (Å²) in [5.74, 6) is 2.20. The average molecular weight is 790 g/mol. The number of amides is 4. The number of nitrogens with one attached hydrogen (secondary N) is 3. The molecule has 15 heteroatoms. The van der Waals surface area contributed by atoms with E-state index < -0.39 is 0 Å². The number of piperazine rings is 1. The number of imide groups is 1. The van der Waals surface area contributed by atoms with Crippen LogP contribution in [0.25, 0.3) is 16.6 Å². The van der Waals surface area contributed by atoms with Crippen molar-refractivity contribution in [1.29, 1.82) is 0 Å².